The molecule has 0 unspecified atom stereocenters. The molecule has 1 nitrogen and oxygen atoms in total. The van der Waals surface area contributed by atoms with Gasteiger partial charge in [-0.25, -0.2) is 17.6 Å². The molecule has 0 amide bonds. The van der Waals surface area contributed by atoms with Gasteiger partial charge in [0, 0.05) is 12.4 Å². The smallest absolute Gasteiger partial charge is 0.197 e. The lowest BCUT2D eigenvalue weighted by atomic mass is 10.3. The van der Waals surface area contributed by atoms with Gasteiger partial charge in [-0.2, -0.15) is 0 Å². The zero-order valence-corrected chi connectivity index (χ0v) is 7.48. The number of aromatic nitrogens is 1. The molecule has 2 rings (SSSR count). The predicted octanol–water partition coefficient (Wildman–Crippen LogP) is 3.89. The molecule has 2 aromatic rings. The van der Waals surface area contributed by atoms with Gasteiger partial charge >= 0.3 is 0 Å². The Balaban J connectivity index is 0.000000318. The molecule has 0 saturated carbocycles. The van der Waals surface area contributed by atoms with Crippen LogP contribution in [0.15, 0.2) is 36.7 Å². The average molecular weight is 233 g/mol. The van der Waals surface area contributed by atoms with Gasteiger partial charge in [0.1, 0.15) is 0 Å². The second-order valence-electron chi connectivity index (χ2n) is 2.54. The molecule has 0 aliphatic rings. The van der Waals surface area contributed by atoms with Gasteiger partial charge in [0.2, 0.25) is 0 Å². The number of halogens is 4. The standard InChI is InChI=1S/C6H2F4.C4H5N.CH4/c7-3-1-2-4(8)6(10)5(3)9;1-2-4-5-3-1;/h1-2H;1-5H;1H4. The molecule has 0 aliphatic heterocycles. The normalized spacial score (nSPS) is 8.75. The fourth-order valence-corrected chi connectivity index (χ4v) is 0.780. The number of hydrogen-bond donors (Lipinski definition) is 1. The summed E-state index contributed by atoms with van der Waals surface area (Å²) < 4.78 is 48.0. The third-order valence-electron chi connectivity index (χ3n) is 1.48. The van der Waals surface area contributed by atoms with Crippen LogP contribution in [0.2, 0.25) is 0 Å². The SMILES string of the molecule is C.Fc1ccc(F)c(F)c1F.c1cc[nH]c1. The molecule has 0 atom stereocenters. The summed E-state index contributed by atoms with van der Waals surface area (Å²) in [5.41, 5.74) is 0. The number of benzene rings is 1. The molecule has 1 aromatic heterocycles. The molecule has 0 spiro atoms. The zero-order valence-electron chi connectivity index (χ0n) is 7.48. The summed E-state index contributed by atoms with van der Waals surface area (Å²) in [5, 5.41) is 0. The summed E-state index contributed by atoms with van der Waals surface area (Å²) in [5.74, 6) is -6.34. The van der Waals surface area contributed by atoms with Crippen LogP contribution in [-0.4, -0.2) is 4.98 Å². The summed E-state index contributed by atoms with van der Waals surface area (Å²) in [6.45, 7) is 0. The molecule has 0 fully saturated rings. The monoisotopic (exact) mass is 233 g/mol. The fourth-order valence-electron chi connectivity index (χ4n) is 0.780. The van der Waals surface area contributed by atoms with Crippen molar-refractivity contribution >= 4 is 0 Å². The predicted molar refractivity (Wildman–Crippen MR) is 53.8 cm³/mol. The highest BCUT2D eigenvalue weighted by Gasteiger charge is 2.11. The minimum absolute atomic E-state index is 0. The maximum Gasteiger partial charge on any atom is 0.197 e. The third kappa shape index (κ3) is 3.76. The van der Waals surface area contributed by atoms with Crippen molar-refractivity contribution in [3.05, 3.63) is 59.9 Å². The van der Waals surface area contributed by atoms with Crippen molar-refractivity contribution < 1.29 is 17.6 Å². The van der Waals surface area contributed by atoms with E-state index in [0.717, 1.165) is 0 Å². The van der Waals surface area contributed by atoms with Crippen LogP contribution in [0.5, 0.6) is 0 Å². The summed E-state index contributed by atoms with van der Waals surface area (Å²) >= 11 is 0. The maximum atomic E-state index is 12.0. The van der Waals surface area contributed by atoms with E-state index in [9.17, 15) is 17.6 Å². The average Bonchev–Trinajstić information content (AvgIpc) is 2.79. The Kier molecular flexibility index (Phi) is 5.92. The maximum absolute atomic E-state index is 12.0. The van der Waals surface area contributed by atoms with Crippen LogP contribution in [0.25, 0.3) is 0 Å². The molecule has 0 radical (unpaired) electrons. The fraction of sp³-hybridized carbons (Fsp3) is 0.0909. The van der Waals surface area contributed by atoms with Gasteiger partial charge in [-0.15, -0.1) is 0 Å². The minimum Gasteiger partial charge on any atom is -0.368 e. The zero-order chi connectivity index (χ0) is 11.3. The second-order valence-corrected chi connectivity index (χ2v) is 2.54. The number of rotatable bonds is 0. The van der Waals surface area contributed by atoms with Gasteiger partial charge in [-0.05, 0) is 24.3 Å². The Morgan fingerprint density at radius 2 is 1.12 bits per heavy atom. The van der Waals surface area contributed by atoms with E-state index >= 15 is 0 Å². The van der Waals surface area contributed by atoms with Gasteiger partial charge in [0.25, 0.3) is 0 Å². The lowest BCUT2D eigenvalue weighted by Gasteiger charge is -1.93. The first-order valence-electron chi connectivity index (χ1n) is 3.99. The minimum atomic E-state index is -1.78. The van der Waals surface area contributed by atoms with E-state index in [0.29, 0.717) is 12.1 Å². The topological polar surface area (TPSA) is 15.8 Å². The molecule has 0 saturated heterocycles. The van der Waals surface area contributed by atoms with Crippen LogP contribution in [0.4, 0.5) is 17.6 Å². The molecule has 16 heavy (non-hydrogen) atoms. The highest BCUT2D eigenvalue weighted by Crippen LogP contribution is 2.12. The molecular formula is C11H11F4N. The highest BCUT2D eigenvalue weighted by molar-refractivity contribution is 5.10. The van der Waals surface area contributed by atoms with Crippen molar-refractivity contribution in [3.63, 3.8) is 0 Å². The summed E-state index contributed by atoms with van der Waals surface area (Å²) in [4.78, 5) is 2.86. The first-order valence-corrected chi connectivity index (χ1v) is 3.99. The van der Waals surface area contributed by atoms with Crippen LogP contribution in [0, 0.1) is 23.3 Å². The summed E-state index contributed by atoms with van der Waals surface area (Å²) in [6.07, 6.45) is 3.75. The number of H-pyrrole nitrogens is 1. The van der Waals surface area contributed by atoms with Crippen molar-refractivity contribution in [1.29, 1.82) is 0 Å². The van der Waals surface area contributed by atoms with Crippen LogP contribution in [-0.2, 0) is 0 Å². The van der Waals surface area contributed by atoms with Gasteiger partial charge < -0.3 is 4.98 Å². The molecule has 88 valence electrons. The third-order valence-corrected chi connectivity index (χ3v) is 1.48. The molecule has 1 N–H and O–H groups in total. The highest BCUT2D eigenvalue weighted by atomic mass is 19.2. The molecule has 5 heteroatoms. The van der Waals surface area contributed by atoms with Crippen molar-refractivity contribution in [2.24, 2.45) is 0 Å². The Labute approximate surface area is 90.7 Å². The number of nitrogens with one attached hydrogen (secondary N) is 1. The molecule has 1 heterocycles. The molecular weight excluding hydrogens is 222 g/mol. The lowest BCUT2D eigenvalue weighted by Crippen LogP contribution is -1.93. The van der Waals surface area contributed by atoms with E-state index in [4.69, 9.17) is 0 Å². The molecule has 1 aromatic carbocycles. The van der Waals surface area contributed by atoms with E-state index in [2.05, 4.69) is 4.98 Å². The Morgan fingerprint density at radius 1 is 0.750 bits per heavy atom. The van der Waals surface area contributed by atoms with Crippen molar-refractivity contribution in [2.45, 2.75) is 7.43 Å². The van der Waals surface area contributed by atoms with Crippen molar-refractivity contribution in [2.75, 3.05) is 0 Å². The quantitative estimate of drug-likeness (QED) is 0.403. The number of hydrogen-bond acceptors (Lipinski definition) is 0. The van der Waals surface area contributed by atoms with Crippen LogP contribution < -0.4 is 0 Å². The van der Waals surface area contributed by atoms with Gasteiger partial charge in [0.05, 0.1) is 0 Å². The Bertz CT molecular complexity index is 368. The first-order chi connectivity index (χ1) is 7.13. The van der Waals surface area contributed by atoms with Crippen LogP contribution in [0.1, 0.15) is 7.43 Å². The van der Waals surface area contributed by atoms with E-state index < -0.39 is 23.3 Å². The Morgan fingerprint density at radius 3 is 1.38 bits per heavy atom. The van der Waals surface area contributed by atoms with Crippen LogP contribution >= 0.6 is 0 Å². The Hall–Kier alpha value is -1.78. The molecule has 0 bridgehead atoms. The largest absolute Gasteiger partial charge is 0.368 e. The van der Waals surface area contributed by atoms with E-state index in [-0.39, 0.29) is 7.43 Å². The van der Waals surface area contributed by atoms with E-state index in [1.807, 2.05) is 24.5 Å². The molecule has 0 aliphatic carbocycles. The van der Waals surface area contributed by atoms with Gasteiger partial charge in [0.15, 0.2) is 23.3 Å². The summed E-state index contributed by atoms with van der Waals surface area (Å²) in [6, 6.07) is 4.93. The second kappa shape index (κ2) is 6.66. The van der Waals surface area contributed by atoms with E-state index in [1.54, 1.807) is 0 Å². The van der Waals surface area contributed by atoms with Gasteiger partial charge in [-0.3, -0.25) is 0 Å². The van der Waals surface area contributed by atoms with Crippen molar-refractivity contribution in [1.82, 2.24) is 4.98 Å². The lowest BCUT2D eigenvalue weighted by molar-refractivity contribution is 0.409. The van der Waals surface area contributed by atoms with Crippen molar-refractivity contribution in [3.8, 4) is 0 Å². The van der Waals surface area contributed by atoms with E-state index in [1.165, 1.54) is 0 Å². The first kappa shape index (κ1) is 14.2. The number of aromatic amines is 1. The van der Waals surface area contributed by atoms with Gasteiger partial charge in [-0.1, -0.05) is 7.43 Å². The van der Waals surface area contributed by atoms with Crippen LogP contribution in [0.3, 0.4) is 0 Å². The summed E-state index contributed by atoms with van der Waals surface area (Å²) in [7, 11) is 0.